The van der Waals surface area contributed by atoms with Gasteiger partial charge < -0.3 is 10.6 Å². The van der Waals surface area contributed by atoms with E-state index in [1.807, 2.05) is 24.3 Å². The number of nitro groups is 1. The van der Waals surface area contributed by atoms with Crippen LogP contribution in [0.25, 0.3) is 10.8 Å². The molecule has 0 saturated heterocycles. The minimum Gasteiger partial charge on any atom is -0.332 e. The summed E-state index contributed by atoms with van der Waals surface area (Å²) in [5.41, 5.74) is 4.37. The molecule has 8 nitrogen and oxygen atoms in total. The zero-order valence-electron chi connectivity index (χ0n) is 20.5. The van der Waals surface area contributed by atoms with Crippen molar-refractivity contribution in [2.24, 2.45) is 0 Å². The van der Waals surface area contributed by atoms with Gasteiger partial charge in [0.2, 0.25) is 5.91 Å². The molecule has 2 amide bonds. The van der Waals surface area contributed by atoms with Crippen LogP contribution in [-0.2, 0) is 11.2 Å². The van der Waals surface area contributed by atoms with Crippen LogP contribution in [0.15, 0.2) is 72.8 Å². The highest BCUT2D eigenvalue weighted by molar-refractivity contribution is 7.80. The topological polar surface area (TPSA) is 113 Å². The van der Waals surface area contributed by atoms with Crippen LogP contribution in [-0.4, -0.2) is 21.9 Å². The van der Waals surface area contributed by atoms with E-state index < -0.39 is 4.92 Å². The van der Waals surface area contributed by atoms with E-state index in [2.05, 4.69) is 29.8 Å². The van der Waals surface area contributed by atoms with E-state index in [9.17, 15) is 19.7 Å². The number of hydrogen-bond donors (Lipinski definition) is 3. The number of rotatable bonds is 6. The first-order valence-electron chi connectivity index (χ1n) is 11.6. The molecule has 0 saturated carbocycles. The SMILES string of the molecule is Cc1ccc2cc(C(=O)NC(=S)Nc3ccc(CC(=O)Nc4ccc([N+](=O)[O-])cc4Cl)cc3)ccc2c1C. The average molecular weight is 547 g/mol. The van der Waals surface area contributed by atoms with Gasteiger partial charge in [0.05, 0.1) is 22.1 Å². The van der Waals surface area contributed by atoms with Crippen molar-refractivity contribution < 1.29 is 14.5 Å². The quantitative estimate of drug-likeness (QED) is 0.148. The van der Waals surface area contributed by atoms with Crippen LogP contribution in [0.2, 0.25) is 5.02 Å². The van der Waals surface area contributed by atoms with Gasteiger partial charge in [0, 0.05) is 23.4 Å². The van der Waals surface area contributed by atoms with Crippen LogP contribution in [0.4, 0.5) is 17.1 Å². The largest absolute Gasteiger partial charge is 0.332 e. The van der Waals surface area contributed by atoms with E-state index in [-0.39, 0.29) is 34.1 Å². The maximum Gasteiger partial charge on any atom is 0.271 e. The van der Waals surface area contributed by atoms with Crippen molar-refractivity contribution in [1.29, 1.82) is 0 Å². The summed E-state index contributed by atoms with van der Waals surface area (Å²) in [4.78, 5) is 35.4. The Labute approximate surface area is 229 Å². The van der Waals surface area contributed by atoms with E-state index >= 15 is 0 Å². The summed E-state index contributed by atoms with van der Waals surface area (Å²) in [7, 11) is 0. The number of hydrogen-bond acceptors (Lipinski definition) is 5. The molecule has 0 aliphatic heterocycles. The molecule has 38 heavy (non-hydrogen) atoms. The fourth-order valence-corrected chi connectivity index (χ4v) is 4.31. The second-order valence-electron chi connectivity index (χ2n) is 8.69. The maximum atomic E-state index is 12.7. The number of halogens is 1. The van der Waals surface area contributed by atoms with Gasteiger partial charge in [-0.2, -0.15) is 0 Å². The summed E-state index contributed by atoms with van der Waals surface area (Å²) < 4.78 is 0. The van der Waals surface area contributed by atoms with Gasteiger partial charge in [-0.3, -0.25) is 25.0 Å². The fraction of sp³-hybridized carbons (Fsp3) is 0.107. The van der Waals surface area contributed by atoms with Gasteiger partial charge in [0.15, 0.2) is 5.11 Å². The lowest BCUT2D eigenvalue weighted by atomic mass is 9.99. The lowest BCUT2D eigenvalue weighted by Crippen LogP contribution is -2.34. The highest BCUT2D eigenvalue weighted by Gasteiger charge is 2.13. The Morgan fingerprint density at radius 1 is 0.947 bits per heavy atom. The van der Waals surface area contributed by atoms with Crippen molar-refractivity contribution in [2.75, 3.05) is 10.6 Å². The van der Waals surface area contributed by atoms with Crippen LogP contribution < -0.4 is 16.0 Å². The number of benzene rings is 4. The molecule has 0 fully saturated rings. The first-order chi connectivity index (χ1) is 18.1. The van der Waals surface area contributed by atoms with Crippen molar-refractivity contribution in [3.63, 3.8) is 0 Å². The molecule has 4 aromatic rings. The molecule has 0 aliphatic carbocycles. The number of amides is 2. The van der Waals surface area contributed by atoms with Gasteiger partial charge in [-0.05, 0) is 83.9 Å². The Hall–Kier alpha value is -4.34. The Morgan fingerprint density at radius 2 is 1.68 bits per heavy atom. The summed E-state index contributed by atoms with van der Waals surface area (Å²) in [5.74, 6) is -0.647. The number of nitro benzene ring substituents is 1. The zero-order chi connectivity index (χ0) is 27.4. The molecule has 192 valence electrons. The lowest BCUT2D eigenvalue weighted by molar-refractivity contribution is -0.384. The molecule has 0 heterocycles. The van der Waals surface area contributed by atoms with Gasteiger partial charge in [-0.15, -0.1) is 0 Å². The molecule has 0 spiro atoms. The first-order valence-corrected chi connectivity index (χ1v) is 12.3. The van der Waals surface area contributed by atoms with E-state index in [0.29, 0.717) is 16.9 Å². The third kappa shape index (κ3) is 6.31. The van der Waals surface area contributed by atoms with Gasteiger partial charge in [0.25, 0.3) is 11.6 Å². The molecular weight excluding hydrogens is 524 g/mol. The summed E-state index contributed by atoms with van der Waals surface area (Å²) >= 11 is 11.3. The number of nitrogens with zero attached hydrogens (tertiary/aromatic N) is 1. The summed E-state index contributed by atoms with van der Waals surface area (Å²) in [5, 5.41) is 21.4. The molecule has 0 radical (unpaired) electrons. The zero-order valence-corrected chi connectivity index (χ0v) is 22.1. The summed E-state index contributed by atoms with van der Waals surface area (Å²) in [6, 6.07) is 20.4. The summed E-state index contributed by atoms with van der Waals surface area (Å²) in [6.07, 6.45) is 0.0652. The predicted molar refractivity (Wildman–Crippen MR) is 154 cm³/mol. The normalized spacial score (nSPS) is 10.6. The number of nitrogens with one attached hydrogen (secondary N) is 3. The van der Waals surface area contributed by atoms with Gasteiger partial charge in [0.1, 0.15) is 0 Å². The molecule has 4 aromatic carbocycles. The minimum absolute atomic E-state index is 0.0652. The minimum atomic E-state index is -0.560. The second kappa shape index (κ2) is 11.4. The Balaban J connectivity index is 1.32. The maximum absolute atomic E-state index is 12.7. The highest BCUT2D eigenvalue weighted by atomic mass is 35.5. The van der Waals surface area contributed by atoms with Crippen LogP contribution in [0.3, 0.4) is 0 Å². The predicted octanol–water partition coefficient (Wildman–Crippen LogP) is 6.33. The van der Waals surface area contributed by atoms with Gasteiger partial charge in [-0.25, -0.2) is 0 Å². The molecular formula is C28H23ClN4O4S. The summed E-state index contributed by atoms with van der Waals surface area (Å²) in [6.45, 7) is 4.11. The molecule has 0 unspecified atom stereocenters. The molecule has 0 aromatic heterocycles. The van der Waals surface area contributed by atoms with Crippen LogP contribution in [0.5, 0.6) is 0 Å². The van der Waals surface area contributed by atoms with Crippen LogP contribution >= 0.6 is 23.8 Å². The number of thiocarbonyl (C=S) groups is 1. The van der Waals surface area contributed by atoms with Crippen molar-refractivity contribution in [3.8, 4) is 0 Å². The lowest BCUT2D eigenvalue weighted by Gasteiger charge is -2.12. The molecule has 10 heteroatoms. The Bertz CT molecular complexity index is 1590. The van der Waals surface area contributed by atoms with E-state index in [1.165, 1.54) is 29.3 Å². The highest BCUT2D eigenvalue weighted by Crippen LogP contribution is 2.27. The third-order valence-corrected chi connectivity index (χ3v) is 6.58. The average Bonchev–Trinajstić information content (AvgIpc) is 2.88. The third-order valence-electron chi connectivity index (χ3n) is 6.06. The number of anilines is 2. The van der Waals surface area contributed by atoms with Crippen molar-refractivity contribution in [3.05, 3.63) is 110 Å². The number of non-ortho nitro benzene ring substituents is 1. The Morgan fingerprint density at radius 3 is 2.37 bits per heavy atom. The van der Waals surface area contributed by atoms with E-state index in [0.717, 1.165) is 16.3 Å². The smallest absolute Gasteiger partial charge is 0.271 e. The standard InChI is InChI=1S/C28H23ClN4O4S/c1-16-3-6-19-14-20(7-11-23(19)17(16)2)27(35)32-28(38)30-21-8-4-18(5-9-21)13-26(34)31-25-12-10-22(33(36)37)15-24(25)29/h3-12,14-15H,13H2,1-2H3,(H,31,34)(H2,30,32,35,38). The molecule has 0 bridgehead atoms. The second-order valence-corrected chi connectivity index (χ2v) is 9.51. The van der Waals surface area contributed by atoms with E-state index in [4.69, 9.17) is 23.8 Å². The monoisotopic (exact) mass is 546 g/mol. The molecule has 4 rings (SSSR count). The first kappa shape index (κ1) is 26.7. The van der Waals surface area contributed by atoms with Gasteiger partial charge >= 0.3 is 0 Å². The molecule has 0 aliphatic rings. The number of aryl methyl sites for hydroxylation is 2. The number of carbonyl (C=O) groups is 2. The fourth-order valence-electron chi connectivity index (χ4n) is 3.88. The number of fused-ring (bicyclic) bond motifs is 1. The molecule has 0 atom stereocenters. The number of carbonyl (C=O) groups excluding carboxylic acids is 2. The van der Waals surface area contributed by atoms with Gasteiger partial charge in [-0.1, -0.05) is 41.9 Å². The van der Waals surface area contributed by atoms with Crippen molar-refractivity contribution >= 4 is 68.6 Å². The van der Waals surface area contributed by atoms with Crippen molar-refractivity contribution in [1.82, 2.24) is 5.32 Å². The van der Waals surface area contributed by atoms with Crippen molar-refractivity contribution in [2.45, 2.75) is 20.3 Å². The Kier molecular flexibility index (Phi) is 7.99. The van der Waals surface area contributed by atoms with Crippen LogP contribution in [0, 0.1) is 24.0 Å². The van der Waals surface area contributed by atoms with Crippen LogP contribution in [0.1, 0.15) is 27.0 Å². The van der Waals surface area contributed by atoms with E-state index in [1.54, 1.807) is 30.3 Å². The molecule has 3 N–H and O–H groups in total.